The number of nitrogens with zero attached hydrogens (tertiary/aromatic N) is 1. The zero-order valence-electron chi connectivity index (χ0n) is 15.9. The van der Waals surface area contributed by atoms with Crippen molar-refractivity contribution >= 4 is 27.6 Å². The fourth-order valence-electron chi connectivity index (χ4n) is 3.01. The van der Waals surface area contributed by atoms with Crippen molar-refractivity contribution in [3.05, 3.63) is 53.6 Å². The quantitative estimate of drug-likeness (QED) is 0.696. The molecule has 0 radical (unpaired) electrons. The first-order valence-corrected chi connectivity index (χ1v) is 10.6. The third-order valence-electron chi connectivity index (χ3n) is 4.55. The highest BCUT2D eigenvalue weighted by molar-refractivity contribution is 7.89. The Bertz CT molecular complexity index is 1010. The lowest BCUT2D eigenvalue weighted by molar-refractivity contribution is -0.119. The molecule has 2 aromatic rings. The van der Waals surface area contributed by atoms with E-state index in [0.717, 1.165) is 18.4 Å². The van der Waals surface area contributed by atoms with Gasteiger partial charge < -0.3 is 15.2 Å². The van der Waals surface area contributed by atoms with Crippen LogP contribution in [-0.4, -0.2) is 49.4 Å². The highest BCUT2D eigenvalue weighted by atomic mass is 32.2. The Morgan fingerprint density at radius 2 is 1.76 bits per heavy atom. The van der Waals surface area contributed by atoms with Crippen molar-refractivity contribution in [1.29, 1.82) is 0 Å². The summed E-state index contributed by atoms with van der Waals surface area (Å²) >= 11 is 0. The van der Waals surface area contributed by atoms with E-state index in [4.69, 9.17) is 4.74 Å². The summed E-state index contributed by atoms with van der Waals surface area (Å²) in [6, 6.07) is 10.3. The minimum absolute atomic E-state index is 0.0192. The van der Waals surface area contributed by atoms with Crippen molar-refractivity contribution in [3.8, 4) is 5.75 Å². The first kappa shape index (κ1) is 20.8. The number of hydrogen-bond acceptors (Lipinski definition) is 6. The number of sulfonamides is 1. The molecule has 0 atom stereocenters. The monoisotopic (exact) mass is 418 g/mol. The minimum Gasteiger partial charge on any atom is -0.507 e. The maximum absolute atomic E-state index is 12.5. The number of aryl methyl sites for hydroxylation is 1. The van der Waals surface area contributed by atoms with E-state index in [-0.39, 0.29) is 16.2 Å². The maximum atomic E-state index is 12.5. The predicted octanol–water partition coefficient (Wildman–Crippen LogP) is 2.28. The highest BCUT2D eigenvalue weighted by Crippen LogP contribution is 2.22. The molecule has 0 unspecified atom stereocenters. The van der Waals surface area contributed by atoms with Gasteiger partial charge in [0, 0.05) is 18.8 Å². The molecule has 3 rings (SSSR count). The molecular weight excluding hydrogens is 396 g/mol. The number of carbonyl (C=O) groups is 2. The van der Waals surface area contributed by atoms with Crippen molar-refractivity contribution in [3.63, 3.8) is 0 Å². The molecule has 1 heterocycles. The number of phenolic OH excluding ortho intramolecular Hbond substituents is 1. The van der Waals surface area contributed by atoms with Crippen LogP contribution in [0.2, 0.25) is 0 Å². The maximum Gasteiger partial charge on any atom is 0.342 e. The fraction of sp³-hybridized carbons (Fsp3) is 0.300. The Labute approximate surface area is 169 Å². The second kappa shape index (κ2) is 8.62. The van der Waals surface area contributed by atoms with Gasteiger partial charge in [-0.05, 0) is 56.2 Å². The Kier molecular flexibility index (Phi) is 6.19. The number of ether oxygens (including phenoxy) is 1. The van der Waals surface area contributed by atoms with E-state index in [1.165, 1.54) is 40.7 Å². The summed E-state index contributed by atoms with van der Waals surface area (Å²) < 4.78 is 31.4. The van der Waals surface area contributed by atoms with Crippen LogP contribution in [0.25, 0.3) is 0 Å². The molecule has 0 saturated carbocycles. The smallest absolute Gasteiger partial charge is 0.342 e. The van der Waals surface area contributed by atoms with Gasteiger partial charge in [0.15, 0.2) is 6.61 Å². The van der Waals surface area contributed by atoms with Gasteiger partial charge in [0.05, 0.1) is 4.90 Å². The molecule has 1 fully saturated rings. The van der Waals surface area contributed by atoms with E-state index < -0.39 is 28.5 Å². The van der Waals surface area contributed by atoms with Crippen molar-refractivity contribution < 1.29 is 27.9 Å². The van der Waals surface area contributed by atoms with Gasteiger partial charge in [0.1, 0.15) is 11.3 Å². The van der Waals surface area contributed by atoms with Crippen LogP contribution in [0.4, 0.5) is 5.69 Å². The first-order chi connectivity index (χ1) is 13.8. The van der Waals surface area contributed by atoms with E-state index in [1.54, 1.807) is 13.0 Å². The van der Waals surface area contributed by atoms with Crippen LogP contribution in [0, 0.1) is 6.92 Å². The number of amides is 1. The van der Waals surface area contributed by atoms with E-state index in [1.807, 2.05) is 0 Å². The number of nitrogens with one attached hydrogen (secondary N) is 1. The Morgan fingerprint density at radius 3 is 2.41 bits per heavy atom. The second-order valence-electron chi connectivity index (χ2n) is 6.78. The first-order valence-electron chi connectivity index (χ1n) is 9.14. The standard InChI is InChI=1S/C20H22N2O6S/c1-14-4-9-18(23)17(12-14)20(25)28-13-19(24)21-15-5-7-16(8-6-15)29(26,27)22-10-2-3-11-22/h4-9,12,23H,2-3,10-11,13H2,1H3,(H,21,24). The summed E-state index contributed by atoms with van der Waals surface area (Å²) in [5, 5.41) is 12.3. The van der Waals surface area contributed by atoms with Crippen molar-refractivity contribution in [2.24, 2.45) is 0 Å². The summed E-state index contributed by atoms with van der Waals surface area (Å²) in [5.41, 5.74) is 1.13. The van der Waals surface area contributed by atoms with Gasteiger partial charge in [0.25, 0.3) is 5.91 Å². The largest absolute Gasteiger partial charge is 0.507 e. The van der Waals surface area contributed by atoms with Crippen LogP contribution in [0.5, 0.6) is 5.75 Å². The molecule has 8 nitrogen and oxygen atoms in total. The summed E-state index contributed by atoms with van der Waals surface area (Å²) in [5.74, 6) is -1.62. The lowest BCUT2D eigenvalue weighted by atomic mass is 10.1. The van der Waals surface area contributed by atoms with E-state index in [9.17, 15) is 23.1 Å². The van der Waals surface area contributed by atoms with Crippen molar-refractivity contribution in [2.75, 3.05) is 25.0 Å². The molecular formula is C20H22N2O6S. The minimum atomic E-state index is -3.52. The summed E-state index contributed by atoms with van der Waals surface area (Å²) in [6.07, 6.45) is 1.71. The van der Waals surface area contributed by atoms with E-state index >= 15 is 0 Å². The number of carbonyl (C=O) groups excluding carboxylic acids is 2. The van der Waals surface area contributed by atoms with E-state index in [2.05, 4.69) is 5.32 Å². The Morgan fingerprint density at radius 1 is 1.10 bits per heavy atom. The number of phenols is 1. The number of esters is 1. The van der Waals surface area contributed by atoms with Gasteiger partial charge in [0.2, 0.25) is 10.0 Å². The molecule has 2 aromatic carbocycles. The van der Waals surface area contributed by atoms with Gasteiger partial charge >= 0.3 is 5.97 Å². The molecule has 154 valence electrons. The Balaban J connectivity index is 1.57. The molecule has 0 spiro atoms. The molecule has 1 saturated heterocycles. The molecule has 0 bridgehead atoms. The fourth-order valence-corrected chi connectivity index (χ4v) is 4.52. The van der Waals surface area contributed by atoms with E-state index in [0.29, 0.717) is 18.8 Å². The lowest BCUT2D eigenvalue weighted by Crippen LogP contribution is -2.27. The molecule has 2 N–H and O–H groups in total. The lowest BCUT2D eigenvalue weighted by Gasteiger charge is -2.15. The number of hydrogen-bond donors (Lipinski definition) is 2. The molecule has 29 heavy (non-hydrogen) atoms. The number of anilines is 1. The highest BCUT2D eigenvalue weighted by Gasteiger charge is 2.27. The molecule has 1 aliphatic heterocycles. The SMILES string of the molecule is Cc1ccc(O)c(C(=O)OCC(=O)Nc2ccc(S(=O)(=O)N3CCCC3)cc2)c1. The van der Waals surface area contributed by atoms with Gasteiger partial charge in [-0.2, -0.15) is 4.31 Å². The average Bonchev–Trinajstić information content (AvgIpc) is 3.24. The molecule has 1 aliphatic rings. The van der Waals surface area contributed by atoms with Gasteiger partial charge in [-0.15, -0.1) is 0 Å². The van der Waals surface area contributed by atoms with Crippen LogP contribution < -0.4 is 5.32 Å². The molecule has 0 aromatic heterocycles. The van der Waals surface area contributed by atoms with Crippen LogP contribution in [0.15, 0.2) is 47.4 Å². The van der Waals surface area contributed by atoms with Crippen LogP contribution in [0.3, 0.4) is 0 Å². The summed E-state index contributed by atoms with van der Waals surface area (Å²) in [4.78, 5) is 24.2. The average molecular weight is 418 g/mol. The van der Waals surface area contributed by atoms with Gasteiger partial charge in [-0.3, -0.25) is 4.79 Å². The zero-order valence-corrected chi connectivity index (χ0v) is 16.7. The molecule has 9 heteroatoms. The third kappa shape index (κ3) is 4.93. The molecule has 0 aliphatic carbocycles. The van der Waals surface area contributed by atoms with Crippen molar-refractivity contribution in [1.82, 2.24) is 4.31 Å². The van der Waals surface area contributed by atoms with Gasteiger partial charge in [-0.25, -0.2) is 13.2 Å². The Hall–Kier alpha value is -2.91. The number of rotatable bonds is 6. The second-order valence-corrected chi connectivity index (χ2v) is 8.72. The number of aromatic hydroxyl groups is 1. The zero-order chi connectivity index (χ0) is 21.0. The number of benzene rings is 2. The van der Waals surface area contributed by atoms with Gasteiger partial charge in [-0.1, -0.05) is 11.6 Å². The van der Waals surface area contributed by atoms with Crippen molar-refractivity contribution in [2.45, 2.75) is 24.7 Å². The summed E-state index contributed by atoms with van der Waals surface area (Å²) in [6.45, 7) is 2.25. The summed E-state index contributed by atoms with van der Waals surface area (Å²) in [7, 11) is -3.52. The van der Waals surface area contributed by atoms with Crippen LogP contribution in [0.1, 0.15) is 28.8 Å². The van der Waals surface area contributed by atoms with Crippen LogP contribution >= 0.6 is 0 Å². The van der Waals surface area contributed by atoms with Crippen LogP contribution in [-0.2, 0) is 19.6 Å². The molecule has 1 amide bonds. The normalized spacial score (nSPS) is 14.5. The third-order valence-corrected chi connectivity index (χ3v) is 6.46. The topological polar surface area (TPSA) is 113 Å². The predicted molar refractivity (Wildman–Crippen MR) is 106 cm³/mol.